The molecule has 0 aliphatic carbocycles. The Bertz CT molecular complexity index is 2510. The highest BCUT2D eigenvalue weighted by molar-refractivity contribution is 7.85. The number of benzene rings is 5. The van der Waals surface area contributed by atoms with Crippen LogP contribution in [0, 0.1) is 6.92 Å². The third kappa shape index (κ3) is 9.65. The van der Waals surface area contributed by atoms with Crippen molar-refractivity contribution in [2.45, 2.75) is 63.3 Å². The number of nitrogens with one attached hydrogen (secondary N) is 1. The topological polar surface area (TPSA) is 217 Å². The molecule has 4 N–H and O–H groups in total. The first-order valence-corrected chi connectivity index (χ1v) is 20.0. The summed E-state index contributed by atoms with van der Waals surface area (Å²) in [7, 11) is -4.49. The van der Waals surface area contributed by atoms with Crippen LogP contribution in [0.15, 0.2) is 117 Å². The molecule has 5 aromatic rings. The summed E-state index contributed by atoms with van der Waals surface area (Å²) in [4.78, 5) is 38.5. The fraction of sp³-hybridized carbons (Fsp3) is 0.238. The molecule has 6 rings (SSSR count). The normalized spacial score (nSPS) is 14.2. The number of carboxylic acids is 1. The number of nitrogens with zero attached hydrogens (tertiary/aromatic N) is 4. The zero-order valence-corrected chi connectivity index (χ0v) is 32.5. The molecule has 0 fully saturated rings. The van der Waals surface area contributed by atoms with Crippen LogP contribution < -0.4 is 19.8 Å². The van der Waals surface area contributed by atoms with Crippen LogP contribution >= 0.6 is 0 Å². The quantitative estimate of drug-likeness (QED) is 0.0397. The number of aromatic hydroxyl groups is 1. The second-order valence-corrected chi connectivity index (χ2v) is 14.9. The first kappa shape index (κ1) is 41.0. The van der Waals surface area contributed by atoms with Gasteiger partial charge in [0, 0.05) is 10.8 Å². The van der Waals surface area contributed by atoms with Crippen LogP contribution in [-0.2, 0) is 19.7 Å². The van der Waals surface area contributed by atoms with Crippen molar-refractivity contribution < 1.29 is 47.0 Å². The SMILES string of the molecule is CCCCCCCCOc1ccc(C)cc1NC(=O)c1cc(Oc2ccc(N=NC3C(=O)N(c4ccc(S(=O)(=O)O)cc4)N=C3C(=O)O)cc2)c2ccccc2c1O. The van der Waals surface area contributed by atoms with Crippen molar-refractivity contribution in [3.05, 3.63) is 108 Å². The van der Waals surface area contributed by atoms with Gasteiger partial charge in [0.2, 0.25) is 6.04 Å². The number of aryl methyl sites for hydroxylation is 1. The van der Waals surface area contributed by atoms with Gasteiger partial charge in [0.25, 0.3) is 21.9 Å². The number of carbonyl (C=O) groups excluding carboxylic acids is 2. The number of hydrogen-bond acceptors (Lipinski definition) is 11. The van der Waals surface area contributed by atoms with Gasteiger partial charge in [0.15, 0.2) is 5.71 Å². The van der Waals surface area contributed by atoms with E-state index >= 15 is 0 Å². The molecule has 1 atom stereocenters. The summed E-state index contributed by atoms with van der Waals surface area (Å²) >= 11 is 0. The maximum Gasteiger partial charge on any atom is 0.355 e. The van der Waals surface area contributed by atoms with Gasteiger partial charge < -0.3 is 25.0 Å². The number of rotatable bonds is 17. The van der Waals surface area contributed by atoms with Crippen LogP contribution in [0.2, 0.25) is 0 Å². The predicted octanol–water partition coefficient (Wildman–Crippen LogP) is 8.82. The van der Waals surface area contributed by atoms with Gasteiger partial charge in [-0.2, -0.15) is 28.8 Å². The van der Waals surface area contributed by atoms with Crippen LogP contribution in [0.5, 0.6) is 23.0 Å². The number of azo groups is 1. The van der Waals surface area contributed by atoms with Gasteiger partial charge in [-0.1, -0.05) is 69.4 Å². The van der Waals surface area contributed by atoms with Crippen molar-refractivity contribution >= 4 is 61.4 Å². The number of phenolic OH excluding ortho intramolecular Hbond substituents is 1. The second-order valence-electron chi connectivity index (χ2n) is 13.5. The Labute approximate surface area is 334 Å². The second kappa shape index (κ2) is 18.1. The number of carboxylic acid groups (broad SMARTS) is 1. The van der Waals surface area contributed by atoms with E-state index in [0.29, 0.717) is 34.6 Å². The van der Waals surface area contributed by atoms with E-state index in [2.05, 4.69) is 27.6 Å². The minimum Gasteiger partial charge on any atom is -0.506 e. The van der Waals surface area contributed by atoms with Gasteiger partial charge in [-0.3, -0.25) is 14.1 Å². The van der Waals surface area contributed by atoms with Gasteiger partial charge in [-0.05, 0) is 85.6 Å². The summed E-state index contributed by atoms with van der Waals surface area (Å²) in [6.07, 6.45) is 6.69. The highest BCUT2D eigenvalue weighted by Crippen LogP contribution is 2.39. The molecule has 1 heterocycles. The molecule has 0 bridgehead atoms. The zero-order valence-electron chi connectivity index (χ0n) is 31.7. The Hall–Kier alpha value is -6.65. The summed E-state index contributed by atoms with van der Waals surface area (Å²) in [5.41, 5.74) is 1.04. The van der Waals surface area contributed by atoms with Crippen molar-refractivity contribution in [2.75, 3.05) is 16.9 Å². The predicted molar refractivity (Wildman–Crippen MR) is 217 cm³/mol. The number of phenols is 1. The van der Waals surface area contributed by atoms with E-state index in [1.54, 1.807) is 36.4 Å². The number of hydrogen-bond donors (Lipinski definition) is 4. The summed E-state index contributed by atoms with van der Waals surface area (Å²) in [5, 5.41) is 37.4. The average molecular weight is 808 g/mol. The Kier molecular flexibility index (Phi) is 12.8. The first-order valence-electron chi connectivity index (χ1n) is 18.6. The van der Waals surface area contributed by atoms with E-state index in [9.17, 15) is 37.6 Å². The lowest BCUT2D eigenvalue weighted by molar-refractivity contribution is -0.130. The molecule has 5 aromatic carbocycles. The highest BCUT2D eigenvalue weighted by atomic mass is 32.2. The Morgan fingerprint density at radius 1 is 0.879 bits per heavy atom. The van der Waals surface area contributed by atoms with E-state index in [1.807, 2.05) is 25.1 Å². The lowest BCUT2D eigenvalue weighted by Crippen LogP contribution is -2.33. The average Bonchev–Trinajstić information content (AvgIpc) is 3.54. The molecule has 1 unspecified atom stereocenters. The van der Waals surface area contributed by atoms with E-state index < -0.39 is 44.6 Å². The van der Waals surface area contributed by atoms with Crippen LogP contribution in [0.1, 0.15) is 61.4 Å². The van der Waals surface area contributed by atoms with Crippen LogP contribution in [0.25, 0.3) is 10.8 Å². The minimum atomic E-state index is -4.49. The monoisotopic (exact) mass is 807 g/mol. The fourth-order valence-electron chi connectivity index (χ4n) is 6.19. The van der Waals surface area contributed by atoms with Crippen molar-refractivity contribution in [2.24, 2.45) is 15.3 Å². The molecule has 0 saturated carbocycles. The van der Waals surface area contributed by atoms with Crippen LogP contribution in [0.3, 0.4) is 0 Å². The molecule has 1 aliphatic rings. The Balaban J connectivity index is 1.17. The lowest BCUT2D eigenvalue weighted by atomic mass is 10.0. The van der Waals surface area contributed by atoms with Crippen molar-refractivity contribution in [3.63, 3.8) is 0 Å². The largest absolute Gasteiger partial charge is 0.506 e. The minimum absolute atomic E-state index is 0.0250. The highest BCUT2D eigenvalue weighted by Gasteiger charge is 2.41. The van der Waals surface area contributed by atoms with Gasteiger partial charge in [0.1, 0.15) is 23.0 Å². The molecule has 58 heavy (non-hydrogen) atoms. The van der Waals surface area contributed by atoms with Crippen molar-refractivity contribution in [3.8, 4) is 23.0 Å². The number of hydrazone groups is 1. The van der Waals surface area contributed by atoms with Crippen LogP contribution in [-0.4, -0.2) is 59.3 Å². The van der Waals surface area contributed by atoms with Gasteiger partial charge >= 0.3 is 5.97 Å². The summed E-state index contributed by atoms with van der Waals surface area (Å²) in [5.74, 6) is -2.02. The standard InChI is InChI=1S/C42H41N5O10S/c1-3-4-5-6-7-10-23-56-35-22-13-26(2)24-34(35)43-40(49)33-25-36(31-11-8-9-12-32(31)39(33)48)57-29-18-14-27(15-19-29)44-45-37-38(42(51)52)46-47(41(37)50)28-16-20-30(21-17-28)58(53,54)55/h8-9,11-22,24-25,37,48H,3-7,10,23H2,1-2H3,(H,43,49)(H,51,52)(H,53,54,55). The van der Waals surface area contributed by atoms with Crippen LogP contribution in [0.4, 0.5) is 17.1 Å². The number of carbonyl (C=O) groups is 3. The van der Waals surface area contributed by atoms with Crippen molar-refractivity contribution in [1.82, 2.24) is 0 Å². The van der Waals surface area contributed by atoms with Gasteiger partial charge in [0.05, 0.1) is 34.1 Å². The molecule has 15 nitrogen and oxygen atoms in total. The number of anilines is 2. The van der Waals surface area contributed by atoms with E-state index in [-0.39, 0.29) is 28.4 Å². The Morgan fingerprint density at radius 3 is 2.26 bits per heavy atom. The fourth-order valence-corrected chi connectivity index (χ4v) is 6.67. The Morgan fingerprint density at radius 2 is 1.57 bits per heavy atom. The number of unbranched alkanes of at least 4 members (excludes halogenated alkanes) is 5. The van der Waals surface area contributed by atoms with Crippen molar-refractivity contribution in [1.29, 1.82) is 0 Å². The van der Waals surface area contributed by atoms with Gasteiger partial charge in [-0.25, -0.2) is 4.79 Å². The molecule has 0 radical (unpaired) electrons. The summed E-state index contributed by atoms with van der Waals surface area (Å²) in [6.45, 7) is 4.59. The molecule has 16 heteroatoms. The number of ether oxygens (including phenoxy) is 2. The van der Waals surface area contributed by atoms with E-state index in [1.165, 1.54) is 49.6 Å². The molecule has 0 aromatic heterocycles. The molecule has 300 valence electrons. The molecule has 1 aliphatic heterocycles. The van der Waals surface area contributed by atoms with Gasteiger partial charge in [-0.15, -0.1) is 0 Å². The van der Waals surface area contributed by atoms with E-state index in [0.717, 1.165) is 42.0 Å². The molecule has 0 saturated heterocycles. The number of fused-ring (bicyclic) bond motifs is 1. The molecule has 0 spiro atoms. The summed E-state index contributed by atoms with van der Waals surface area (Å²) in [6, 6.07) is 22.9. The third-order valence-electron chi connectivity index (χ3n) is 9.22. The van der Waals surface area contributed by atoms with E-state index in [4.69, 9.17) is 9.47 Å². The maximum absolute atomic E-state index is 13.8. The number of aliphatic carboxylic acids is 1. The first-order chi connectivity index (χ1) is 27.8. The molecular formula is C42H41N5O10S. The molecular weight excluding hydrogens is 767 g/mol. The summed E-state index contributed by atoms with van der Waals surface area (Å²) < 4.78 is 44.3. The lowest BCUT2D eigenvalue weighted by Gasteiger charge is -2.16. The molecule has 2 amide bonds. The zero-order chi connectivity index (χ0) is 41.4. The smallest absolute Gasteiger partial charge is 0.355 e. The maximum atomic E-state index is 13.8. The number of amides is 2. The third-order valence-corrected chi connectivity index (χ3v) is 10.1.